The molecule has 0 saturated heterocycles. The first-order chi connectivity index (χ1) is 6.72. The van der Waals surface area contributed by atoms with Gasteiger partial charge in [0.2, 0.25) is 5.91 Å². The highest BCUT2D eigenvalue weighted by molar-refractivity contribution is 7.11. The van der Waals surface area contributed by atoms with Crippen LogP contribution in [0.2, 0.25) is 0 Å². The number of nitrogens with one attached hydrogen (secondary N) is 1. The molecule has 3 nitrogen and oxygen atoms in total. The van der Waals surface area contributed by atoms with Gasteiger partial charge in [0.1, 0.15) is 0 Å². The van der Waals surface area contributed by atoms with E-state index in [2.05, 4.69) is 10.3 Å². The van der Waals surface area contributed by atoms with Gasteiger partial charge in [0.05, 0.1) is 5.01 Å². The summed E-state index contributed by atoms with van der Waals surface area (Å²) < 4.78 is 0. The van der Waals surface area contributed by atoms with Crippen LogP contribution in [0.3, 0.4) is 0 Å². The molecule has 78 valence electrons. The molecular weight excluding hydrogens is 196 g/mol. The maximum atomic E-state index is 11.1. The molecule has 0 saturated carbocycles. The highest BCUT2D eigenvalue weighted by Crippen LogP contribution is 2.10. The lowest BCUT2D eigenvalue weighted by atomic mass is 10.3. The molecule has 14 heavy (non-hydrogen) atoms. The molecule has 1 rings (SSSR count). The normalized spacial score (nSPS) is 10.1. The topological polar surface area (TPSA) is 42.0 Å². The fourth-order valence-corrected chi connectivity index (χ4v) is 1.93. The van der Waals surface area contributed by atoms with Crippen molar-refractivity contribution in [3.05, 3.63) is 16.1 Å². The second kappa shape index (κ2) is 5.75. The number of hydrogen-bond donors (Lipinski definition) is 1. The maximum absolute atomic E-state index is 11.1. The minimum atomic E-state index is 0.140. The summed E-state index contributed by atoms with van der Waals surface area (Å²) in [6.07, 6.45) is 4.24. The van der Waals surface area contributed by atoms with E-state index in [9.17, 15) is 4.79 Å². The summed E-state index contributed by atoms with van der Waals surface area (Å²) in [6.45, 7) is 4.74. The summed E-state index contributed by atoms with van der Waals surface area (Å²) in [5.74, 6) is 0.140. The van der Waals surface area contributed by atoms with Gasteiger partial charge in [-0.3, -0.25) is 4.79 Å². The Hall–Kier alpha value is -0.900. The molecule has 1 heterocycles. The largest absolute Gasteiger partial charge is 0.356 e. The summed E-state index contributed by atoms with van der Waals surface area (Å²) in [4.78, 5) is 16.6. The Balaban J connectivity index is 2.18. The lowest BCUT2D eigenvalue weighted by Gasteiger charge is -2.01. The third-order valence-corrected chi connectivity index (χ3v) is 2.78. The summed E-state index contributed by atoms with van der Waals surface area (Å²) >= 11 is 1.69. The van der Waals surface area contributed by atoms with Crippen LogP contribution in [0.4, 0.5) is 0 Å². The van der Waals surface area contributed by atoms with E-state index in [1.54, 1.807) is 11.3 Å². The molecule has 0 aromatic carbocycles. The standard InChI is InChI=1S/C10H16N2OS/c1-3-4-9(13)11-6-5-10-12-7-8(2)14-10/h7H,3-6H2,1-2H3,(H,11,13). The van der Waals surface area contributed by atoms with Crippen LogP contribution >= 0.6 is 11.3 Å². The molecule has 0 atom stereocenters. The van der Waals surface area contributed by atoms with Crippen LogP contribution in [0.1, 0.15) is 29.7 Å². The predicted molar refractivity (Wildman–Crippen MR) is 58.5 cm³/mol. The number of hydrogen-bond acceptors (Lipinski definition) is 3. The summed E-state index contributed by atoms with van der Waals surface area (Å²) in [6, 6.07) is 0. The number of carbonyl (C=O) groups is 1. The summed E-state index contributed by atoms with van der Waals surface area (Å²) in [5.41, 5.74) is 0. The van der Waals surface area contributed by atoms with E-state index in [0.717, 1.165) is 17.8 Å². The molecule has 0 spiro atoms. The van der Waals surface area contributed by atoms with Crippen LogP contribution < -0.4 is 5.32 Å². The van der Waals surface area contributed by atoms with Crippen molar-refractivity contribution in [1.29, 1.82) is 0 Å². The van der Waals surface area contributed by atoms with Crippen LogP contribution in [0.5, 0.6) is 0 Å². The first-order valence-electron chi connectivity index (χ1n) is 4.90. The van der Waals surface area contributed by atoms with Gasteiger partial charge in [-0.1, -0.05) is 6.92 Å². The van der Waals surface area contributed by atoms with E-state index in [0.29, 0.717) is 13.0 Å². The van der Waals surface area contributed by atoms with Gasteiger partial charge in [0.25, 0.3) is 0 Å². The third-order valence-electron chi connectivity index (χ3n) is 1.81. The number of aryl methyl sites for hydroxylation is 1. The van der Waals surface area contributed by atoms with E-state index in [-0.39, 0.29) is 5.91 Å². The Morgan fingerprint density at radius 2 is 2.43 bits per heavy atom. The fraction of sp³-hybridized carbons (Fsp3) is 0.600. The van der Waals surface area contributed by atoms with Gasteiger partial charge in [-0.15, -0.1) is 11.3 Å². The van der Waals surface area contributed by atoms with Gasteiger partial charge in [-0.2, -0.15) is 0 Å². The summed E-state index contributed by atoms with van der Waals surface area (Å²) in [5, 5.41) is 3.97. The van der Waals surface area contributed by atoms with Crippen molar-refractivity contribution in [2.45, 2.75) is 33.1 Å². The number of carbonyl (C=O) groups excluding carboxylic acids is 1. The molecule has 1 N–H and O–H groups in total. The number of amides is 1. The quantitative estimate of drug-likeness (QED) is 0.810. The first-order valence-corrected chi connectivity index (χ1v) is 5.72. The number of aromatic nitrogens is 1. The zero-order chi connectivity index (χ0) is 10.4. The van der Waals surface area contributed by atoms with Crippen molar-refractivity contribution in [2.75, 3.05) is 6.54 Å². The molecular formula is C10H16N2OS. The molecule has 1 aromatic heterocycles. The average Bonchev–Trinajstić information content (AvgIpc) is 2.52. The highest BCUT2D eigenvalue weighted by atomic mass is 32.1. The van der Waals surface area contributed by atoms with E-state index in [1.165, 1.54) is 4.88 Å². The minimum absolute atomic E-state index is 0.140. The van der Waals surface area contributed by atoms with E-state index in [1.807, 2.05) is 20.0 Å². The number of thiazole rings is 1. The monoisotopic (exact) mass is 212 g/mol. The van der Waals surface area contributed by atoms with Crippen LogP contribution in [0, 0.1) is 6.92 Å². The van der Waals surface area contributed by atoms with Crippen molar-refractivity contribution in [1.82, 2.24) is 10.3 Å². The molecule has 0 bridgehead atoms. The van der Waals surface area contributed by atoms with Gasteiger partial charge in [-0.25, -0.2) is 4.98 Å². The second-order valence-electron chi connectivity index (χ2n) is 3.21. The van der Waals surface area contributed by atoms with Crippen LogP contribution in [0.25, 0.3) is 0 Å². The van der Waals surface area contributed by atoms with Gasteiger partial charge in [0.15, 0.2) is 0 Å². The zero-order valence-corrected chi connectivity index (χ0v) is 9.49. The van der Waals surface area contributed by atoms with Crippen molar-refractivity contribution >= 4 is 17.2 Å². The van der Waals surface area contributed by atoms with Crippen molar-refractivity contribution in [3.63, 3.8) is 0 Å². The lowest BCUT2D eigenvalue weighted by Crippen LogP contribution is -2.25. The SMILES string of the molecule is CCCC(=O)NCCc1ncc(C)s1. The molecule has 4 heteroatoms. The van der Waals surface area contributed by atoms with Gasteiger partial charge in [-0.05, 0) is 13.3 Å². The van der Waals surface area contributed by atoms with Gasteiger partial charge >= 0.3 is 0 Å². The number of nitrogens with zero attached hydrogens (tertiary/aromatic N) is 1. The van der Waals surface area contributed by atoms with E-state index >= 15 is 0 Å². The Morgan fingerprint density at radius 1 is 1.64 bits per heavy atom. The van der Waals surface area contributed by atoms with Crippen LogP contribution in [0.15, 0.2) is 6.20 Å². The molecule has 0 aliphatic carbocycles. The van der Waals surface area contributed by atoms with Crippen molar-refractivity contribution in [2.24, 2.45) is 0 Å². The Bertz CT molecular complexity index is 296. The van der Waals surface area contributed by atoms with Crippen LogP contribution in [-0.4, -0.2) is 17.4 Å². The third kappa shape index (κ3) is 3.87. The molecule has 0 fully saturated rings. The van der Waals surface area contributed by atoms with Crippen LogP contribution in [-0.2, 0) is 11.2 Å². The Morgan fingerprint density at radius 3 is 3.00 bits per heavy atom. The van der Waals surface area contributed by atoms with E-state index in [4.69, 9.17) is 0 Å². The lowest BCUT2D eigenvalue weighted by molar-refractivity contribution is -0.121. The average molecular weight is 212 g/mol. The van der Waals surface area contributed by atoms with Crippen molar-refractivity contribution in [3.8, 4) is 0 Å². The highest BCUT2D eigenvalue weighted by Gasteiger charge is 2.00. The molecule has 0 aliphatic rings. The summed E-state index contributed by atoms with van der Waals surface area (Å²) in [7, 11) is 0. The van der Waals surface area contributed by atoms with Gasteiger partial charge < -0.3 is 5.32 Å². The maximum Gasteiger partial charge on any atom is 0.219 e. The predicted octanol–water partition coefficient (Wildman–Crippen LogP) is 1.91. The Labute approximate surface area is 88.6 Å². The number of rotatable bonds is 5. The minimum Gasteiger partial charge on any atom is -0.356 e. The smallest absolute Gasteiger partial charge is 0.219 e. The van der Waals surface area contributed by atoms with Gasteiger partial charge in [0, 0.05) is 30.5 Å². The first kappa shape index (κ1) is 11.2. The molecule has 1 amide bonds. The van der Waals surface area contributed by atoms with Crippen molar-refractivity contribution < 1.29 is 4.79 Å². The molecule has 0 radical (unpaired) electrons. The Kier molecular flexibility index (Phi) is 4.59. The second-order valence-corrected chi connectivity index (χ2v) is 4.53. The zero-order valence-electron chi connectivity index (χ0n) is 8.67. The molecule has 0 unspecified atom stereocenters. The van der Waals surface area contributed by atoms with E-state index < -0.39 is 0 Å². The molecule has 1 aromatic rings. The molecule has 0 aliphatic heterocycles. The fourth-order valence-electron chi connectivity index (χ4n) is 1.14.